The van der Waals surface area contributed by atoms with Gasteiger partial charge in [-0.2, -0.15) is 0 Å². The van der Waals surface area contributed by atoms with Crippen molar-refractivity contribution in [3.05, 3.63) is 53.6 Å². The van der Waals surface area contributed by atoms with Crippen molar-refractivity contribution in [3.8, 4) is 17.2 Å². The summed E-state index contributed by atoms with van der Waals surface area (Å²) in [4.78, 5) is 0. The van der Waals surface area contributed by atoms with Crippen LogP contribution in [0.2, 0.25) is 0 Å². The summed E-state index contributed by atoms with van der Waals surface area (Å²) < 4.78 is 16.2. The summed E-state index contributed by atoms with van der Waals surface area (Å²) in [6.45, 7) is 2.85. The van der Waals surface area contributed by atoms with E-state index in [1.165, 1.54) is 0 Å². The van der Waals surface area contributed by atoms with Gasteiger partial charge in [0, 0.05) is 0 Å². The van der Waals surface area contributed by atoms with Gasteiger partial charge in [-0.25, -0.2) is 0 Å². The van der Waals surface area contributed by atoms with Crippen LogP contribution in [0.5, 0.6) is 17.2 Å². The normalized spacial score (nSPS) is 16.1. The number of benzene rings is 2. The van der Waals surface area contributed by atoms with Gasteiger partial charge in [0.05, 0.1) is 7.11 Å². The highest BCUT2D eigenvalue weighted by Gasteiger charge is 2.27. The second-order valence-electron chi connectivity index (χ2n) is 5.16. The van der Waals surface area contributed by atoms with Crippen LogP contribution in [-0.2, 0) is 5.60 Å². The highest BCUT2D eigenvalue weighted by Crippen LogP contribution is 2.37. The topological polar surface area (TPSA) is 47.9 Å². The fourth-order valence-corrected chi connectivity index (χ4v) is 2.43. The number of hydrogen-bond acceptors (Lipinski definition) is 4. The third-order valence-electron chi connectivity index (χ3n) is 3.76. The zero-order valence-corrected chi connectivity index (χ0v) is 12.1. The van der Waals surface area contributed by atoms with E-state index in [1.807, 2.05) is 42.5 Å². The van der Waals surface area contributed by atoms with Crippen molar-refractivity contribution in [2.75, 3.05) is 20.3 Å². The van der Waals surface area contributed by atoms with Crippen LogP contribution in [0.15, 0.2) is 42.5 Å². The molecule has 0 amide bonds. The minimum atomic E-state index is -1.11. The van der Waals surface area contributed by atoms with Crippen LogP contribution in [0.3, 0.4) is 0 Å². The average molecular weight is 286 g/mol. The van der Waals surface area contributed by atoms with Crippen LogP contribution in [0.1, 0.15) is 18.1 Å². The maximum Gasteiger partial charge on any atom is 0.161 e. The number of aliphatic hydroxyl groups is 1. The summed E-state index contributed by atoms with van der Waals surface area (Å²) in [6, 6.07) is 12.9. The predicted octanol–water partition coefficient (Wildman–Crippen LogP) is 2.72. The molecule has 1 unspecified atom stereocenters. The van der Waals surface area contributed by atoms with Crippen LogP contribution >= 0.6 is 0 Å². The highest BCUT2D eigenvalue weighted by atomic mass is 16.6. The highest BCUT2D eigenvalue weighted by molar-refractivity contribution is 5.48. The van der Waals surface area contributed by atoms with Crippen LogP contribution in [0.4, 0.5) is 0 Å². The Hall–Kier alpha value is -2.20. The standard InChI is InChI=1S/C17H18O4/c1-17(18,12-3-6-14(19-2)7-4-12)13-5-8-15-16(11-13)21-10-9-20-15/h3-8,11,18H,9-10H2,1-2H3. The molecule has 1 aliphatic rings. The number of methoxy groups -OCH3 is 1. The average Bonchev–Trinajstić information content (AvgIpc) is 2.54. The molecule has 1 aliphatic heterocycles. The van der Waals surface area contributed by atoms with Crippen LogP contribution in [0, 0.1) is 0 Å². The summed E-state index contributed by atoms with van der Waals surface area (Å²) in [5, 5.41) is 10.9. The molecular formula is C17H18O4. The molecule has 1 heterocycles. The first-order valence-corrected chi connectivity index (χ1v) is 6.88. The summed E-state index contributed by atoms with van der Waals surface area (Å²) in [7, 11) is 1.62. The van der Waals surface area contributed by atoms with E-state index in [9.17, 15) is 5.11 Å². The Morgan fingerprint density at radius 2 is 1.57 bits per heavy atom. The van der Waals surface area contributed by atoms with Gasteiger partial charge in [-0.3, -0.25) is 0 Å². The van der Waals surface area contributed by atoms with Crippen molar-refractivity contribution < 1.29 is 19.3 Å². The Bertz CT molecular complexity index is 632. The lowest BCUT2D eigenvalue weighted by Gasteiger charge is -2.27. The van der Waals surface area contributed by atoms with Crippen molar-refractivity contribution in [3.63, 3.8) is 0 Å². The Kier molecular flexibility index (Phi) is 3.47. The van der Waals surface area contributed by atoms with Crippen molar-refractivity contribution in [2.45, 2.75) is 12.5 Å². The molecule has 0 bridgehead atoms. The van der Waals surface area contributed by atoms with E-state index in [0.29, 0.717) is 19.0 Å². The van der Waals surface area contributed by atoms with Crippen molar-refractivity contribution in [1.29, 1.82) is 0 Å². The second kappa shape index (κ2) is 5.30. The lowest BCUT2D eigenvalue weighted by atomic mass is 9.88. The first-order chi connectivity index (χ1) is 10.1. The lowest BCUT2D eigenvalue weighted by Crippen LogP contribution is -2.23. The molecule has 2 aromatic carbocycles. The third kappa shape index (κ3) is 2.54. The van der Waals surface area contributed by atoms with E-state index in [4.69, 9.17) is 14.2 Å². The molecule has 0 aliphatic carbocycles. The second-order valence-corrected chi connectivity index (χ2v) is 5.16. The largest absolute Gasteiger partial charge is 0.497 e. The molecule has 0 aromatic heterocycles. The molecule has 0 saturated heterocycles. The SMILES string of the molecule is COc1ccc(C(C)(O)c2ccc3c(c2)OCCO3)cc1. The minimum absolute atomic E-state index is 0.529. The van der Waals surface area contributed by atoms with Crippen molar-refractivity contribution in [1.82, 2.24) is 0 Å². The zero-order valence-electron chi connectivity index (χ0n) is 12.1. The predicted molar refractivity (Wildman–Crippen MR) is 79.1 cm³/mol. The Labute approximate surface area is 123 Å². The fourth-order valence-electron chi connectivity index (χ4n) is 2.43. The summed E-state index contributed by atoms with van der Waals surface area (Å²) in [5.74, 6) is 2.15. The molecule has 0 spiro atoms. The molecule has 0 fully saturated rings. The number of fused-ring (bicyclic) bond motifs is 1. The fraction of sp³-hybridized carbons (Fsp3) is 0.294. The van der Waals surface area contributed by atoms with Crippen LogP contribution < -0.4 is 14.2 Å². The van der Waals surface area contributed by atoms with Crippen LogP contribution in [-0.4, -0.2) is 25.4 Å². The molecule has 4 heteroatoms. The van der Waals surface area contributed by atoms with Gasteiger partial charge in [0.15, 0.2) is 11.5 Å². The Morgan fingerprint density at radius 3 is 2.24 bits per heavy atom. The molecule has 2 aromatic rings. The smallest absolute Gasteiger partial charge is 0.161 e. The molecule has 0 radical (unpaired) electrons. The molecular weight excluding hydrogens is 268 g/mol. The van der Waals surface area contributed by atoms with E-state index in [1.54, 1.807) is 14.0 Å². The quantitative estimate of drug-likeness (QED) is 0.942. The Morgan fingerprint density at radius 1 is 0.952 bits per heavy atom. The van der Waals surface area contributed by atoms with Crippen molar-refractivity contribution in [2.24, 2.45) is 0 Å². The Balaban J connectivity index is 1.96. The first-order valence-electron chi connectivity index (χ1n) is 6.88. The van der Waals surface area contributed by atoms with E-state index in [-0.39, 0.29) is 0 Å². The number of hydrogen-bond donors (Lipinski definition) is 1. The van der Waals surface area contributed by atoms with Gasteiger partial charge in [-0.1, -0.05) is 18.2 Å². The van der Waals surface area contributed by atoms with Crippen molar-refractivity contribution >= 4 is 0 Å². The molecule has 1 atom stereocenters. The molecule has 0 saturated carbocycles. The molecule has 3 rings (SSSR count). The van der Waals surface area contributed by atoms with E-state index < -0.39 is 5.60 Å². The number of ether oxygens (including phenoxy) is 3. The van der Waals surface area contributed by atoms with E-state index in [2.05, 4.69) is 0 Å². The monoisotopic (exact) mass is 286 g/mol. The lowest BCUT2D eigenvalue weighted by molar-refractivity contribution is 0.101. The number of rotatable bonds is 3. The maximum atomic E-state index is 10.9. The van der Waals surface area contributed by atoms with Gasteiger partial charge in [-0.05, 0) is 42.3 Å². The van der Waals surface area contributed by atoms with Gasteiger partial charge in [0.1, 0.15) is 24.6 Å². The molecule has 4 nitrogen and oxygen atoms in total. The summed E-state index contributed by atoms with van der Waals surface area (Å²) in [6.07, 6.45) is 0. The summed E-state index contributed by atoms with van der Waals surface area (Å²) >= 11 is 0. The summed E-state index contributed by atoms with van der Waals surface area (Å²) in [5.41, 5.74) is 0.444. The van der Waals surface area contributed by atoms with Gasteiger partial charge < -0.3 is 19.3 Å². The third-order valence-corrected chi connectivity index (χ3v) is 3.76. The zero-order chi connectivity index (χ0) is 14.9. The minimum Gasteiger partial charge on any atom is -0.497 e. The maximum absolute atomic E-state index is 10.9. The van der Waals surface area contributed by atoms with Gasteiger partial charge >= 0.3 is 0 Å². The van der Waals surface area contributed by atoms with Gasteiger partial charge in [0.25, 0.3) is 0 Å². The molecule has 110 valence electrons. The molecule has 21 heavy (non-hydrogen) atoms. The van der Waals surface area contributed by atoms with Crippen LogP contribution in [0.25, 0.3) is 0 Å². The van der Waals surface area contributed by atoms with E-state index in [0.717, 1.165) is 22.6 Å². The van der Waals surface area contributed by atoms with Gasteiger partial charge in [0.2, 0.25) is 0 Å². The van der Waals surface area contributed by atoms with E-state index >= 15 is 0 Å². The first kappa shape index (κ1) is 13.8. The molecule has 1 N–H and O–H groups in total. The van der Waals surface area contributed by atoms with Gasteiger partial charge in [-0.15, -0.1) is 0 Å².